The van der Waals surface area contributed by atoms with Gasteiger partial charge in [0.15, 0.2) is 0 Å². The Morgan fingerprint density at radius 1 is 1.11 bits per heavy atom. The molecule has 0 atom stereocenters. The fourth-order valence-corrected chi connectivity index (χ4v) is 5.10. The normalized spacial score (nSPS) is 22.8. The lowest BCUT2D eigenvalue weighted by atomic mass is 9.70. The largest absolute Gasteiger partial charge is 0.396 e. The van der Waals surface area contributed by atoms with Crippen LogP contribution in [0.15, 0.2) is 48.7 Å². The molecule has 4 heteroatoms. The molecule has 0 amide bonds. The first-order valence-electron chi connectivity index (χ1n) is 10.4. The summed E-state index contributed by atoms with van der Waals surface area (Å²) in [4.78, 5) is 10.6. The molecule has 0 radical (unpaired) electrons. The van der Waals surface area contributed by atoms with Gasteiger partial charge in [0, 0.05) is 29.4 Å². The summed E-state index contributed by atoms with van der Waals surface area (Å²) >= 11 is 0. The number of pyridine rings is 1. The van der Waals surface area contributed by atoms with Gasteiger partial charge in [-0.25, -0.2) is 4.98 Å². The van der Waals surface area contributed by atoms with E-state index in [1.54, 1.807) is 0 Å². The van der Waals surface area contributed by atoms with E-state index in [-0.39, 0.29) is 12.1 Å². The number of nitrogens with one attached hydrogen (secondary N) is 1. The molecule has 2 N–H and O–H groups in total. The van der Waals surface area contributed by atoms with Crippen molar-refractivity contribution in [3.05, 3.63) is 65.5 Å². The fraction of sp³-hybridized carbons (Fsp3) is 0.458. The maximum Gasteiger partial charge on any atom is 0.137 e. The van der Waals surface area contributed by atoms with Gasteiger partial charge < -0.3 is 10.1 Å². The van der Waals surface area contributed by atoms with E-state index < -0.39 is 0 Å². The first-order valence-corrected chi connectivity index (χ1v) is 10.4. The second kappa shape index (κ2) is 8.06. The molecule has 0 aliphatic heterocycles. The highest BCUT2D eigenvalue weighted by molar-refractivity contribution is 5.81. The van der Waals surface area contributed by atoms with Crippen LogP contribution in [-0.4, -0.2) is 40.7 Å². The van der Waals surface area contributed by atoms with E-state index in [0.29, 0.717) is 5.92 Å². The SMILES string of the molecule is CN(C)C1(c2ccccc2)CCC(c2[nH]c3ncccc3c2CCCO)CC1. The number of aliphatic hydroxyl groups is 1. The summed E-state index contributed by atoms with van der Waals surface area (Å²) in [5, 5.41) is 10.6. The van der Waals surface area contributed by atoms with Crippen LogP contribution in [0.1, 0.15) is 54.8 Å². The average Bonchev–Trinajstić information content (AvgIpc) is 3.11. The quantitative estimate of drug-likeness (QED) is 0.660. The van der Waals surface area contributed by atoms with E-state index in [9.17, 15) is 5.11 Å². The molecule has 2 heterocycles. The molecule has 28 heavy (non-hydrogen) atoms. The third-order valence-corrected chi connectivity index (χ3v) is 6.68. The summed E-state index contributed by atoms with van der Waals surface area (Å²) in [6.07, 6.45) is 8.18. The van der Waals surface area contributed by atoms with Crippen molar-refractivity contribution in [3.8, 4) is 0 Å². The Morgan fingerprint density at radius 3 is 2.54 bits per heavy atom. The molecular formula is C24H31N3O. The Hall–Kier alpha value is -2.17. The minimum atomic E-state index is 0.118. The van der Waals surface area contributed by atoms with Gasteiger partial charge >= 0.3 is 0 Å². The van der Waals surface area contributed by atoms with E-state index in [1.165, 1.54) is 22.2 Å². The average molecular weight is 378 g/mol. The van der Waals surface area contributed by atoms with Crippen molar-refractivity contribution in [2.45, 2.75) is 50.0 Å². The van der Waals surface area contributed by atoms with E-state index in [1.807, 2.05) is 12.3 Å². The van der Waals surface area contributed by atoms with Crippen molar-refractivity contribution < 1.29 is 5.11 Å². The molecule has 0 bridgehead atoms. The lowest BCUT2D eigenvalue weighted by Gasteiger charge is -2.45. The van der Waals surface area contributed by atoms with Crippen LogP contribution < -0.4 is 0 Å². The maximum absolute atomic E-state index is 9.36. The zero-order valence-electron chi connectivity index (χ0n) is 17.0. The highest BCUT2D eigenvalue weighted by atomic mass is 16.2. The van der Waals surface area contributed by atoms with Crippen LogP contribution in [0.5, 0.6) is 0 Å². The standard InChI is InChI=1S/C24H31N3O/c1-27(2)24(19-8-4-3-5-9-19)14-12-18(13-15-24)22-20(11-7-17-28)21-10-6-16-25-23(21)26-22/h3-6,8-10,16,18,28H,7,11-15,17H2,1-2H3,(H,25,26). The molecular weight excluding hydrogens is 346 g/mol. The molecule has 148 valence electrons. The van der Waals surface area contributed by atoms with E-state index in [2.05, 4.69) is 65.4 Å². The molecule has 4 rings (SSSR count). The summed E-state index contributed by atoms with van der Waals surface area (Å²) < 4.78 is 0. The molecule has 4 nitrogen and oxygen atoms in total. The van der Waals surface area contributed by atoms with Crippen molar-refractivity contribution in [1.29, 1.82) is 0 Å². The zero-order valence-corrected chi connectivity index (χ0v) is 17.0. The van der Waals surface area contributed by atoms with Gasteiger partial charge in [0.2, 0.25) is 0 Å². The van der Waals surface area contributed by atoms with Gasteiger partial charge in [-0.3, -0.25) is 4.90 Å². The first-order chi connectivity index (χ1) is 13.7. The summed E-state index contributed by atoms with van der Waals surface area (Å²) in [6.45, 7) is 0.231. The van der Waals surface area contributed by atoms with Crippen LogP contribution in [0, 0.1) is 0 Å². The molecule has 0 unspecified atom stereocenters. The van der Waals surface area contributed by atoms with Gasteiger partial charge in [-0.1, -0.05) is 30.3 Å². The van der Waals surface area contributed by atoms with E-state index in [0.717, 1.165) is 44.2 Å². The zero-order chi connectivity index (χ0) is 19.6. The van der Waals surface area contributed by atoms with Crippen LogP contribution in [0.4, 0.5) is 0 Å². The molecule has 2 aromatic heterocycles. The first kappa shape index (κ1) is 19.2. The Balaban J connectivity index is 1.63. The summed E-state index contributed by atoms with van der Waals surface area (Å²) in [5.74, 6) is 0.527. The predicted molar refractivity (Wildman–Crippen MR) is 115 cm³/mol. The number of rotatable bonds is 6. The van der Waals surface area contributed by atoms with Crippen molar-refractivity contribution in [2.24, 2.45) is 0 Å². The number of aliphatic hydroxyl groups excluding tert-OH is 1. The molecule has 3 aromatic rings. The summed E-state index contributed by atoms with van der Waals surface area (Å²) in [5.41, 5.74) is 5.24. The molecule has 1 saturated carbocycles. The van der Waals surface area contributed by atoms with Gasteiger partial charge in [-0.2, -0.15) is 0 Å². The number of nitrogens with zero attached hydrogens (tertiary/aromatic N) is 2. The number of H-pyrrole nitrogens is 1. The molecule has 0 saturated heterocycles. The second-order valence-corrected chi connectivity index (χ2v) is 8.31. The predicted octanol–water partition coefficient (Wildman–Crippen LogP) is 4.60. The van der Waals surface area contributed by atoms with E-state index >= 15 is 0 Å². The molecule has 1 aliphatic carbocycles. The lowest BCUT2D eigenvalue weighted by molar-refractivity contribution is 0.0903. The molecule has 1 aromatic carbocycles. The Kier molecular flexibility index (Phi) is 5.51. The number of aromatic amines is 1. The van der Waals surface area contributed by atoms with Crippen LogP contribution in [0.2, 0.25) is 0 Å². The van der Waals surface area contributed by atoms with Gasteiger partial charge in [0.25, 0.3) is 0 Å². The number of fused-ring (bicyclic) bond motifs is 1. The number of hydrogen-bond donors (Lipinski definition) is 2. The lowest BCUT2D eigenvalue weighted by Crippen LogP contribution is -2.44. The number of aromatic nitrogens is 2. The van der Waals surface area contributed by atoms with E-state index in [4.69, 9.17) is 0 Å². The van der Waals surface area contributed by atoms with Gasteiger partial charge in [0.1, 0.15) is 5.65 Å². The number of benzene rings is 1. The number of aryl methyl sites for hydroxylation is 1. The van der Waals surface area contributed by atoms with Crippen LogP contribution in [-0.2, 0) is 12.0 Å². The Bertz CT molecular complexity index is 908. The van der Waals surface area contributed by atoms with Gasteiger partial charge in [-0.05, 0) is 81.8 Å². The van der Waals surface area contributed by atoms with Crippen molar-refractivity contribution in [1.82, 2.24) is 14.9 Å². The Labute approximate surface area is 167 Å². The smallest absolute Gasteiger partial charge is 0.137 e. The monoisotopic (exact) mass is 377 g/mol. The Morgan fingerprint density at radius 2 is 1.86 bits per heavy atom. The third kappa shape index (κ3) is 3.36. The minimum Gasteiger partial charge on any atom is -0.396 e. The maximum atomic E-state index is 9.36. The molecule has 1 aliphatic rings. The molecule has 1 fully saturated rings. The van der Waals surface area contributed by atoms with Crippen molar-refractivity contribution in [3.63, 3.8) is 0 Å². The van der Waals surface area contributed by atoms with Crippen molar-refractivity contribution in [2.75, 3.05) is 20.7 Å². The van der Waals surface area contributed by atoms with Gasteiger partial charge in [-0.15, -0.1) is 0 Å². The fourth-order valence-electron chi connectivity index (χ4n) is 5.10. The highest BCUT2D eigenvalue weighted by Gasteiger charge is 2.39. The summed E-state index contributed by atoms with van der Waals surface area (Å²) in [7, 11) is 4.43. The highest BCUT2D eigenvalue weighted by Crippen LogP contribution is 2.47. The topological polar surface area (TPSA) is 52.2 Å². The minimum absolute atomic E-state index is 0.118. The van der Waals surface area contributed by atoms with Crippen molar-refractivity contribution >= 4 is 11.0 Å². The second-order valence-electron chi connectivity index (χ2n) is 8.31. The summed E-state index contributed by atoms with van der Waals surface area (Å²) in [6, 6.07) is 15.1. The van der Waals surface area contributed by atoms with Crippen LogP contribution in [0.3, 0.4) is 0 Å². The van der Waals surface area contributed by atoms with Gasteiger partial charge in [0.05, 0.1) is 0 Å². The van der Waals surface area contributed by atoms with Crippen LogP contribution >= 0.6 is 0 Å². The third-order valence-electron chi connectivity index (χ3n) is 6.68. The van der Waals surface area contributed by atoms with Crippen LogP contribution in [0.25, 0.3) is 11.0 Å². The molecule has 0 spiro atoms. The number of hydrogen-bond acceptors (Lipinski definition) is 3.